The van der Waals surface area contributed by atoms with Gasteiger partial charge in [0, 0.05) is 21.3 Å². The molecule has 0 saturated carbocycles. The van der Waals surface area contributed by atoms with E-state index in [1.54, 1.807) is 42.6 Å². The molecule has 7 heteroatoms. The van der Waals surface area contributed by atoms with Crippen molar-refractivity contribution in [2.75, 3.05) is 0 Å². The highest BCUT2D eigenvalue weighted by Crippen LogP contribution is 2.32. The molecule has 4 aromatic rings. The molecule has 0 bridgehead atoms. The quantitative estimate of drug-likeness (QED) is 0.285. The van der Waals surface area contributed by atoms with Crippen molar-refractivity contribution in [1.82, 2.24) is 4.98 Å². The van der Waals surface area contributed by atoms with Gasteiger partial charge in [-0.15, -0.1) is 0 Å². The van der Waals surface area contributed by atoms with Gasteiger partial charge in [-0.25, -0.2) is 4.98 Å². The van der Waals surface area contributed by atoms with E-state index >= 15 is 0 Å². The molecule has 3 aromatic carbocycles. The number of benzene rings is 3. The first-order chi connectivity index (χ1) is 14.0. The number of rotatable bonds is 4. The molecule has 0 radical (unpaired) electrons. The molecular formula is C22H12Cl4N2O. The van der Waals surface area contributed by atoms with E-state index in [2.05, 4.69) is 9.98 Å². The number of allylic oxidation sites excluding steroid dienone is 1. The van der Waals surface area contributed by atoms with Gasteiger partial charge in [-0.2, -0.15) is 0 Å². The first-order valence-electron chi connectivity index (χ1n) is 8.51. The molecule has 144 valence electrons. The van der Waals surface area contributed by atoms with E-state index in [4.69, 9.17) is 50.8 Å². The van der Waals surface area contributed by atoms with Gasteiger partial charge in [-0.1, -0.05) is 58.5 Å². The van der Waals surface area contributed by atoms with E-state index in [1.165, 1.54) is 0 Å². The standard InChI is InChI=1S/C22H12Cl4N2O/c23-14-4-3-13(18(25)10-14)2-1-9-27-16-6-8-21-20(12-16)28-22(29-21)17-7-5-15(24)11-19(17)26/h1-12H/b2-1+,27-9?. The number of aromatic nitrogens is 1. The van der Waals surface area contributed by atoms with Crippen LogP contribution in [-0.4, -0.2) is 11.2 Å². The Balaban J connectivity index is 1.56. The smallest absolute Gasteiger partial charge is 0.228 e. The number of hydrogen-bond donors (Lipinski definition) is 0. The predicted molar refractivity (Wildman–Crippen MR) is 123 cm³/mol. The fourth-order valence-electron chi connectivity index (χ4n) is 2.69. The van der Waals surface area contributed by atoms with Crippen molar-refractivity contribution >= 4 is 75.5 Å². The second-order valence-electron chi connectivity index (χ2n) is 6.10. The Labute approximate surface area is 187 Å². The summed E-state index contributed by atoms with van der Waals surface area (Å²) in [5, 5.41) is 2.22. The molecule has 0 spiro atoms. The highest BCUT2D eigenvalue weighted by atomic mass is 35.5. The van der Waals surface area contributed by atoms with Gasteiger partial charge in [0.15, 0.2) is 5.58 Å². The molecule has 3 nitrogen and oxygen atoms in total. The van der Waals surface area contributed by atoms with Gasteiger partial charge in [-0.3, -0.25) is 4.99 Å². The first-order valence-corrected chi connectivity index (χ1v) is 10.0. The maximum atomic E-state index is 6.25. The maximum Gasteiger partial charge on any atom is 0.228 e. The lowest BCUT2D eigenvalue weighted by atomic mass is 10.2. The van der Waals surface area contributed by atoms with Crippen molar-refractivity contribution in [3.8, 4) is 11.5 Å². The Bertz CT molecular complexity index is 1260. The fraction of sp³-hybridized carbons (Fsp3) is 0. The molecule has 0 N–H and O–H groups in total. The highest BCUT2D eigenvalue weighted by molar-refractivity contribution is 6.36. The number of aliphatic imine (C=N–C) groups is 1. The Morgan fingerprint density at radius 3 is 2.34 bits per heavy atom. The van der Waals surface area contributed by atoms with Crippen LogP contribution in [0.2, 0.25) is 20.1 Å². The van der Waals surface area contributed by atoms with Crippen molar-refractivity contribution in [2.24, 2.45) is 4.99 Å². The molecule has 0 atom stereocenters. The second kappa shape index (κ2) is 8.60. The summed E-state index contributed by atoms with van der Waals surface area (Å²) in [5.41, 5.74) is 3.62. The summed E-state index contributed by atoms with van der Waals surface area (Å²) in [5.74, 6) is 0.431. The van der Waals surface area contributed by atoms with Crippen molar-refractivity contribution in [3.63, 3.8) is 0 Å². The topological polar surface area (TPSA) is 38.4 Å². The lowest BCUT2D eigenvalue weighted by molar-refractivity contribution is 0.620. The lowest BCUT2D eigenvalue weighted by Crippen LogP contribution is -1.79. The molecule has 1 aromatic heterocycles. The molecule has 0 aliphatic heterocycles. The number of nitrogens with zero attached hydrogens (tertiary/aromatic N) is 2. The Hall–Kier alpha value is -2.30. The summed E-state index contributed by atoms with van der Waals surface area (Å²) in [7, 11) is 0. The van der Waals surface area contributed by atoms with Crippen molar-refractivity contribution in [1.29, 1.82) is 0 Å². The highest BCUT2D eigenvalue weighted by Gasteiger charge is 2.12. The summed E-state index contributed by atoms with van der Waals surface area (Å²) in [4.78, 5) is 8.94. The fourth-order valence-corrected chi connectivity index (χ4v) is 3.65. The van der Waals surface area contributed by atoms with Crippen LogP contribution in [0.3, 0.4) is 0 Å². The molecular weight excluding hydrogens is 450 g/mol. The number of oxazole rings is 1. The van der Waals surface area contributed by atoms with Crippen molar-refractivity contribution < 1.29 is 4.42 Å². The number of fused-ring (bicyclic) bond motifs is 1. The molecule has 0 saturated heterocycles. The Kier molecular flexibility index (Phi) is 5.93. The summed E-state index contributed by atoms with van der Waals surface area (Å²) in [6.07, 6.45) is 5.35. The van der Waals surface area contributed by atoms with Crippen LogP contribution in [0, 0.1) is 0 Å². The van der Waals surface area contributed by atoms with Gasteiger partial charge in [0.05, 0.1) is 16.3 Å². The zero-order chi connectivity index (χ0) is 20.4. The van der Waals surface area contributed by atoms with Gasteiger partial charge in [-0.05, 0) is 60.2 Å². The summed E-state index contributed by atoms with van der Waals surface area (Å²) in [6, 6.07) is 16.0. The van der Waals surface area contributed by atoms with Crippen LogP contribution in [0.1, 0.15) is 5.56 Å². The van der Waals surface area contributed by atoms with E-state index < -0.39 is 0 Å². The summed E-state index contributed by atoms with van der Waals surface area (Å²) < 4.78 is 5.81. The Morgan fingerprint density at radius 1 is 0.828 bits per heavy atom. The molecule has 0 aliphatic rings. The first kappa shape index (κ1) is 20.0. The third-order valence-electron chi connectivity index (χ3n) is 4.08. The van der Waals surface area contributed by atoms with Crippen LogP contribution in [-0.2, 0) is 0 Å². The van der Waals surface area contributed by atoms with E-state index in [1.807, 2.05) is 30.3 Å². The molecule has 0 fully saturated rings. The van der Waals surface area contributed by atoms with Crippen LogP contribution in [0.4, 0.5) is 5.69 Å². The van der Waals surface area contributed by atoms with Crippen LogP contribution >= 0.6 is 46.4 Å². The summed E-state index contributed by atoms with van der Waals surface area (Å²) >= 11 is 24.2. The second-order valence-corrected chi connectivity index (χ2v) is 7.79. The third kappa shape index (κ3) is 4.65. The van der Waals surface area contributed by atoms with Crippen LogP contribution < -0.4 is 0 Å². The van der Waals surface area contributed by atoms with E-state index in [0.29, 0.717) is 42.6 Å². The van der Waals surface area contributed by atoms with Gasteiger partial charge in [0.25, 0.3) is 0 Å². The molecule has 0 aliphatic carbocycles. The van der Waals surface area contributed by atoms with E-state index in [9.17, 15) is 0 Å². The van der Waals surface area contributed by atoms with Crippen LogP contribution in [0.25, 0.3) is 28.6 Å². The molecule has 1 heterocycles. The van der Waals surface area contributed by atoms with Crippen molar-refractivity contribution in [3.05, 3.63) is 86.3 Å². The minimum atomic E-state index is 0.431. The van der Waals surface area contributed by atoms with Gasteiger partial charge < -0.3 is 4.42 Å². The van der Waals surface area contributed by atoms with Crippen LogP contribution in [0.15, 0.2) is 70.1 Å². The van der Waals surface area contributed by atoms with Gasteiger partial charge >= 0.3 is 0 Å². The SMILES string of the molecule is Clc1ccc(/C=C/C=Nc2ccc3oc(-c4ccc(Cl)cc4Cl)nc3c2)c(Cl)c1. The van der Waals surface area contributed by atoms with E-state index in [-0.39, 0.29) is 0 Å². The third-order valence-corrected chi connectivity index (χ3v) is 5.19. The molecule has 4 rings (SSSR count). The minimum absolute atomic E-state index is 0.431. The monoisotopic (exact) mass is 460 g/mol. The number of hydrogen-bond acceptors (Lipinski definition) is 3. The van der Waals surface area contributed by atoms with Crippen LogP contribution in [0.5, 0.6) is 0 Å². The maximum absolute atomic E-state index is 6.25. The molecule has 0 amide bonds. The predicted octanol–water partition coefficient (Wildman–Crippen LogP) is 8.52. The molecule has 0 unspecified atom stereocenters. The largest absolute Gasteiger partial charge is 0.436 e. The minimum Gasteiger partial charge on any atom is -0.436 e. The van der Waals surface area contributed by atoms with Gasteiger partial charge in [0.2, 0.25) is 5.89 Å². The average molecular weight is 462 g/mol. The van der Waals surface area contributed by atoms with E-state index in [0.717, 1.165) is 11.3 Å². The Morgan fingerprint density at radius 2 is 1.59 bits per heavy atom. The number of halogens is 4. The summed E-state index contributed by atoms with van der Waals surface area (Å²) in [6.45, 7) is 0. The molecule has 29 heavy (non-hydrogen) atoms. The zero-order valence-corrected chi connectivity index (χ0v) is 17.8. The normalized spacial score (nSPS) is 11.9. The van der Waals surface area contributed by atoms with Gasteiger partial charge in [0.1, 0.15) is 5.52 Å². The lowest BCUT2D eigenvalue weighted by Gasteiger charge is -1.98. The average Bonchev–Trinajstić information content (AvgIpc) is 3.09. The van der Waals surface area contributed by atoms with Crippen molar-refractivity contribution in [2.45, 2.75) is 0 Å². The zero-order valence-electron chi connectivity index (χ0n) is 14.7.